The van der Waals surface area contributed by atoms with Gasteiger partial charge in [-0.15, -0.1) is 0 Å². The third kappa shape index (κ3) is 4.64. The molecule has 0 fully saturated rings. The average molecular weight is 361 g/mol. The molecule has 1 amide bonds. The quantitative estimate of drug-likeness (QED) is 0.682. The minimum atomic E-state index is 0.0702. The Hall–Kier alpha value is -2.88. The van der Waals surface area contributed by atoms with Crippen molar-refractivity contribution >= 4 is 5.91 Å². The zero-order valence-electron chi connectivity index (χ0n) is 16.3. The Morgan fingerprint density at radius 1 is 1.00 bits per heavy atom. The van der Waals surface area contributed by atoms with Gasteiger partial charge in [-0.3, -0.25) is 4.79 Å². The van der Waals surface area contributed by atoms with Crippen LogP contribution in [0.5, 0.6) is 0 Å². The fraction of sp³-hybridized carbons (Fsp3) is 0.304. The number of para-hydroxylation sites is 1. The van der Waals surface area contributed by atoms with E-state index in [0.29, 0.717) is 13.0 Å². The number of nitrogens with zero attached hydrogens (tertiary/aromatic N) is 2. The first-order valence-corrected chi connectivity index (χ1v) is 9.53. The Morgan fingerprint density at radius 2 is 1.67 bits per heavy atom. The molecule has 1 heterocycles. The van der Waals surface area contributed by atoms with E-state index in [4.69, 9.17) is 0 Å². The Kier molecular flexibility index (Phi) is 6.07. The van der Waals surface area contributed by atoms with Gasteiger partial charge in [-0.2, -0.15) is 5.10 Å². The second-order valence-electron chi connectivity index (χ2n) is 6.84. The summed E-state index contributed by atoms with van der Waals surface area (Å²) in [5.74, 6) is 0.0702. The van der Waals surface area contributed by atoms with Gasteiger partial charge in [-0.05, 0) is 49.9 Å². The largest absolute Gasteiger partial charge is 0.352 e. The Labute approximate surface area is 161 Å². The summed E-state index contributed by atoms with van der Waals surface area (Å²) >= 11 is 0. The fourth-order valence-electron chi connectivity index (χ4n) is 3.23. The molecule has 0 spiro atoms. The molecule has 0 saturated carbocycles. The molecule has 2 aromatic carbocycles. The monoisotopic (exact) mass is 361 g/mol. The average Bonchev–Trinajstić information content (AvgIpc) is 2.99. The van der Waals surface area contributed by atoms with Crippen molar-refractivity contribution in [2.24, 2.45) is 0 Å². The summed E-state index contributed by atoms with van der Waals surface area (Å²) in [7, 11) is 0. The molecule has 3 aromatic rings. The smallest absolute Gasteiger partial charge is 0.220 e. The summed E-state index contributed by atoms with van der Waals surface area (Å²) in [4.78, 5) is 12.3. The number of amides is 1. The summed E-state index contributed by atoms with van der Waals surface area (Å²) in [6, 6.07) is 18.6. The molecule has 27 heavy (non-hydrogen) atoms. The van der Waals surface area contributed by atoms with E-state index in [1.807, 2.05) is 48.9 Å². The molecule has 0 bridgehead atoms. The first-order valence-electron chi connectivity index (χ1n) is 9.53. The highest BCUT2D eigenvalue weighted by atomic mass is 16.1. The van der Waals surface area contributed by atoms with Crippen LogP contribution in [0.4, 0.5) is 0 Å². The van der Waals surface area contributed by atoms with Gasteiger partial charge in [0.15, 0.2) is 0 Å². The molecule has 4 heteroatoms. The van der Waals surface area contributed by atoms with Gasteiger partial charge in [0.25, 0.3) is 0 Å². The van der Waals surface area contributed by atoms with Crippen molar-refractivity contribution in [3.63, 3.8) is 0 Å². The molecule has 1 aromatic heterocycles. The lowest BCUT2D eigenvalue weighted by Crippen LogP contribution is -2.23. The molecule has 3 rings (SSSR count). The van der Waals surface area contributed by atoms with Crippen molar-refractivity contribution in [3.05, 3.63) is 82.7 Å². The van der Waals surface area contributed by atoms with E-state index >= 15 is 0 Å². The lowest BCUT2D eigenvalue weighted by molar-refractivity contribution is -0.121. The molecular formula is C23H27N3O. The molecule has 0 radical (unpaired) electrons. The van der Waals surface area contributed by atoms with E-state index < -0.39 is 0 Å². The van der Waals surface area contributed by atoms with Crippen LogP contribution in [0.2, 0.25) is 0 Å². The van der Waals surface area contributed by atoms with E-state index in [9.17, 15) is 4.79 Å². The van der Waals surface area contributed by atoms with Gasteiger partial charge in [-0.25, -0.2) is 4.68 Å². The first kappa shape index (κ1) is 18.9. The normalized spacial score (nSPS) is 10.8. The zero-order valence-corrected chi connectivity index (χ0v) is 16.3. The summed E-state index contributed by atoms with van der Waals surface area (Å²) in [6.07, 6.45) is 2.30. The number of hydrogen-bond donors (Lipinski definition) is 1. The van der Waals surface area contributed by atoms with Crippen LogP contribution in [0.25, 0.3) is 5.69 Å². The maximum atomic E-state index is 12.3. The van der Waals surface area contributed by atoms with Gasteiger partial charge >= 0.3 is 0 Å². The number of aromatic nitrogens is 2. The molecule has 1 N–H and O–H groups in total. The SMILES string of the molecule is CCc1ccc(CCC(=O)NCc2c(C)nn(-c3ccccc3)c2C)cc1. The molecular weight excluding hydrogens is 334 g/mol. The summed E-state index contributed by atoms with van der Waals surface area (Å²) in [6.45, 7) is 6.69. The van der Waals surface area contributed by atoms with Gasteiger partial charge in [0.2, 0.25) is 5.91 Å². The molecule has 0 aliphatic rings. The van der Waals surface area contributed by atoms with Gasteiger partial charge in [0, 0.05) is 24.2 Å². The Balaban J connectivity index is 1.58. The Morgan fingerprint density at radius 3 is 2.33 bits per heavy atom. The van der Waals surface area contributed by atoms with Crippen LogP contribution >= 0.6 is 0 Å². The molecule has 0 atom stereocenters. The van der Waals surface area contributed by atoms with Crippen LogP contribution in [0.1, 0.15) is 41.4 Å². The van der Waals surface area contributed by atoms with Crippen LogP contribution in [0.3, 0.4) is 0 Å². The maximum Gasteiger partial charge on any atom is 0.220 e. The van der Waals surface area contributed by atoms with Crippen molar-refractivity contribution in [2.75, 3.05) is 0 Å². The molecule has 0 aliphatic carbocycles. The second-order valence-corrected chi connectivity index (χ2v) is 6.84. The highest BCUT2D eigenvalue weighted by molar-refractivity contribution is 5.76. The lowest BCUT2D eigenvalue weighted by Gasteiger charge is -2.08. The second kappa shape index (κ2) is 8.67. The van der Waals surface area contributed by atoms with Crippen molar-refractivity contribution in [1.29, 1.82) is 0 Å². The third-order valence-corrected chi connectivity index (χ3v) is 4.98. The molecule has 0 aliphatic heterocycles. The number of carbonyl (C=O) groups excluding carboxylic acids is 1. The van der Waals surface area contributed by atoms with E-state index in [2.05, 4.69) is 41.6 Å². The minimum Gasteiger partial charge on any atom is -0.352 e. The maximum absolute atomic E-state index is 12.3. The number of carbonyl (C=O) groups is 1. The van der Waals surface area contributed by atoms with Crippen LogP contribution < -0.4 is 5.32 Å². The summed E-state index contributed by atoms with van der Waals surface area (Å²) in [5, 5.41) is 7.68. The van der Waals surface area contributed by atoms with Gasteiger partial charge in [-0.1, -0.05) is 49.4 Å². The van der Waals surface area contributed by atoms with Gasteiger partial charge in [0.1, 0.15) is 0 Å². The van der Waals surface area contributed by atoms with Gasteiger partial charge < -0.3 is 5.32 Å². The number of aryl methyl sites for hydroxylation is 3. The number of rotatable bonds is 7. The van der Waals surface area contributed by atoms with Gasteiger partial charge in [0.05, 0.1) is 11.4 Å². The number of benzene rings is 2. The Bertz CT molecular complexity index is 895. The predicted molar refractivity (Wildman–Crippen MR) is 109 cm³/mol. The van der Waals surface area contributed by atoms with E-state index in [1.54, 1.807) is 0 Å². The van der Waals surface area contributed by atoms with Crippen molar-refractivity contribution in [1.82, 2.24) is 15.1 Å². The highest BCUT2D eigenvalue weighted by Crippen LogP contribution is 2.17. The molecule has 140 valence electrons. The van der Waals surface area contributed by atoms with Crippen molar-refractivity contribution < 1.29 is 4.79 Å². The van der Waals surface area contributed by atoms with Crippen LogP contribution in [0, 0.1) is 13.8 Å². The minimum absolute atomic E-state index is 0.0702. The number of nitrogens with one attached hydrogen (secondary N) is 1. The molecule has 4 nitrogen and oxygen atoms in total. The first-order chi connectivity index (χ1) is 13.1. The van der Waals surface area contributed by atoms with Crippen LogP contribution in [-0.4, -0.2) is 15.7 Å². The highest BCUT2D eigenvalue weighted by Gasteiger charge is 2.13. The standard InChI is InChI=1S/C23H27N3O/c1-4-19-10-12-20(13-11-19)14-15-23(27)24-16-22-17(2)25-26(18(22)3)21-8-6-5-7-9-21/h5-13H,4,14-16H2,1-3H3,(H,24,27). The van der Waals surface area contributed by atoms with Crippen molar-refractivity contribution in [3.8, 4) is 5.69 Å². The van der Waals surface area contributed by atoms with E-state index in [1.165, 1.54) is 11.1 Å². The fourth-order valence-corrected chi connectivity index (χ4v) is 3.23. The zero-order chi connectivity index (χ0) is 19.2. The topological polar surface area (TPSA) is 46.9 Å². The van der Waals surface area contributed by atoms with E-state index in [-0.39, 0.29) is 5.91 Å². The molecule has 0 saturated heterocycles. The van der Waals surface area contributed by atoms with Crippen LogP contribution in [0.15, 0.2) is 54.6 Å². The molecule has 0 unspecified atom stereocenters. The lowest BCUT2D eigenvalue weighted by atomic mass is 10.1. The number of hydrogen-bond acceptors (Lipinski definition) is 2. The summed E-state index contributed by atoms with van der Waals surface area (Å²) in [5.41, 5.74) is 6.66. The summed E-state index contributed by atoms with van der Waals surface area (Å²) < 4.78 is 1.94. The predicted octanol–water partition coefficient (Wildman–Crippen LogP) is 4.30. The van der Waals surface area contributed by atoms with E-state index in [0.717, 1.165) is 35.5 Å². The third-order valence-electron chi connectivity index (χ3n) is 4.98. The van der Waals surface area contributed by atoms with Crippen molar-refractivity contribution in [2.45, 2.75) is 46.6 Å². The van der Waals surface area contributed by atoms with Crippen LogP contribution in [-0.2, 0) is 24.2 Å².